The predicted molar refractivity (Wildman–Crippen MR) is 66.6 cm³/mol. The number of aromatic nitrogens is 1. The van der Waals surface area contributed by atoms with Crippen molar-refractivity contribution in [2.75, 3.05) is 30.9 Å². The van der Waals surface area contributed by atoms with Crippen LogP contribution >= 0.6 is 0 Å². The van der Waals surface area contributed by atoms with Crippen molar-refractivity contribution in [3.05, 3.63) is 17.8 Å². The highest BCUT2D eigenvalue weighted by Gasteiger charge is 2.06. The summed E-state index contributed by atoms with van der Waals surface area (Å²) >= 11 is 0. The molecule has 0 aliphatic carbocycles. The van der Waals surface area contributed by atoms with Gasteiger partial charge in [0.05, 0.1) is 5.69 Å². The second-order valence-corrected chi connectivity index (χ2v) is 4.49. The van der Waals surface area contributed by atoms with Gasteiger partial charge in [-0.15, -0.1) is 0 Å². The Hall–Kier alpha value is -1.25. The van der Waals surface area contributed by atoms with Crippen LogP contribution in [0.3, 0.4) is 0 Å². The SMILES string of the molecule is Cc1ccc(NCC(C)C)c(N(C)C)n1. The summed E-state index contributed by atoms with van der Waals surface area (Å²) in [4.78, 5) is 6.55. The zero-order valence-electron chi connectivity index (χ0n) is 10.3. The van der Waals surface area contributed by atoms with E-state index in [2.05, 4.69) is 30.2 Å². The maximum Gasteiger partial charge on any atom is 0.151 e. The van der Waals surface area contributed by atoms with Gasteiger partial charge in [0.15, 0.2) is 5.82 Å². The van der Waals surface area contributed by atoms with Crippen LogP contribution in [0.4, 0.5) is 11.5 Å². The molecule has 1 N–H and O–H groups in total. The average molecular weight is 207 g/mol. The van der Waals surface area contributed by atoms with Gasteiger partial charge in [0.1, 0.15) is 0 Å². The molecule has 1 rings (SSSR count). The van der Waals surface area contributed by atoms with Crippen molar-refractivity contribution < 1.29 is 0 Å². The van der Waals surface area contributed by atoms with Crippen LogP contribution in [0.2, 0.25) is 0 Å². The number of hydrogen-bond donors (Lipinski definition) is 1. The van der Waals surface area contributed by atoms with Crippen molar-refractivity contribution in [1.82, 2.24) is 4.98 Å². The largest absolute Gasteiger partial charge is 0.382 e. The molecule has 0 saturated heterocycles. The minimum absolute atomic E-state index is 0.640. The second-order valence-electron chi connectivity index (χ2n) is 4.49. The summed E-state index contributed by atoms with van der Waals surface area (Å²) in [5.74, 6) is 1.65. The predicted octanol–water partition coefficient (Wildman–Crippen LogP) is 2.52. The minimum Gasteiger partial charge on any atom is -0.382 e. The Morgan fingerprint density at radius 1 is 1.33 bits per heavy atom. The Morgan fingerprint density at radius 3 is 2.53 bits per heavy atom. The molecule has 0 bridgehead atoms. The third-order valence-corrected chi connectivity index (χ3v) is 2.14. The zero-order valence-corrected chi connectivity index (χ0v) is 10.3. The molecule has 0 aromatic carbocycles. The van der Waals surface area contributed by atoms with Crippen molar-refractivity contribution in [1.29, 1.82) is 0 Å². The molecule has 0 aliphatic heterocycles. The van der Waals surface area contributed by atoms with Gasteiger partial charge >= 0.3 is 0 Å². The van der Waals surface area contributed by atoms with Gasteiger partial charge < -0.3 is 10.2 Å². The summed E-state index contributed by atoms with van der Waals surface area (Å²) in [6.07, 6.45) is 0. The molecule has 3 heteroatoms. The third-order valence-electron chi connectivity index (χ3n) is 2.14. The van der Waals surface area contributed by atoms with Gasteiger partial charge in [-0.05, 0) is 25.0 Å². The lowest BCUT2D eigenvalue weighted by molar-refractivity contribution is 0.688. The minimum atomic E-state index is 0.640. The molecular formula is C12H21N3. The molecule has 1 heterocycles. The molecule has 0 atom stereocenters. The maximum absolute atomic E-state index is 4.51. The standard InChI is InChI=1S/C12H21N3/c1-9(2)8-13-11-7-6-10(3)14-12(11)15(4)5/h6-7,9,13H,8H2,1-5H3. The highest BCUT2D eigenvalue weighted by atomic mass is 15.2. The van der Waals surface area contributed by atoms with E-state index < -0.39 is 0 Å². The smallest absolute Gasteiger partial charge is 0.151 e. The monoisotopic (exact) mass is 207 g/mol. The van der Waals surface area contributed by atoms with Crippen LogP contribution in [-0.4, -0.2) is 25.6 Å². The van der Waals surface area contributed by atoms with Crippen LogP contribution in [0.15, 0.2) is 12.1 Å². The Kier molecular flexibility index (Phi) is 3.95. The topological polar surface area (TPSA) is 28.2 Å². The van der Waals surface area contributed by atoms with Crippen molar-refractivity contribution in [3.63, 3.8) is 0 Å². The van der Waals surface area contributed by atoms with E-state index in [1.165, 1.54) is 0 Å². The van der Waals surface area contributed by atoms with E-state index in [4.69, 9.17) is 0 Å². The first-order valence-corrected chi connectivity index (χ1v) is 5.39. The molecule has 0 aliphatic rings. The van der Waals surface area contributed by atoms with E-state index in [1.807, 2.05) is 32.0 Å². The lowest BCUT2D eigenvalue weighted by atomic mass is 10.2. The number of rotatable bonds is 4. The van der Waals surface area contributed by atoms with Crippen LogP contribution in [0.1, 0.15) is 19.5 Å². The van der Waals surface area contributed by atoms with Gasteiger partial charge in [0.25, 0.3) is 0 Å². The number of anilines is 2. The third kappa shape index (κ3) is 3.42. The van der Waals surface area contributed by atoms with Crippen molar-refractivity contribution in [2.45, 2.75) is 20.8 Å². The van der Waals surface area contributed by atoms with Gasteiger partial charge in [-0.1, -0.05) is 13.8 Å². The molecule has 15 heavy (non-hydrogen) atoms. The van der Waals surface area contributed by atoms with Crippen LogP contribution in [0.25, 0.3) is 0 Å². The fourth-order valence-corrected chi connectivity index (χ4v) is 1.34. The van der Waals surface area contributed by atoms with E-state index in [1.54, 1.807) is 0 Å². The van der Waals surface area contributed by atoms with Crippen LogP contribution in [0.5, 0.6) is 0 Å². The fourth-order valence-electron chi connectivity index (χ4n) is 1.34. The molecule has 0 amide bonds. The average Bonchev–Trinajstić information content (AvgIpc) is 2.15. The van der Waals surface area contributed by atoms with E-state index in [0.717, 1.165) is 23.7 Å². The lowest BCUT2D eigenvalue weighted by Gasteiger charge is -2.18. The number of hydrogen-bond acceptors (Lipinski definition) is 3. The number of aryl methyl sites for hydroxylation is 1. The first-order valence-electron chi connectivity index (χ1n) is 5.39. The second kappa shape index (κ2) is 5.01. The van der Waals surface area contributed by atoms with Crippen LogP contribution in [0, 0.1) is 12.8 Å². The molecular weight excluding hydrogens is 186 g/mol. The molecule has 1 aromatic rings. The fraction of sp³-hybridized carbons (Fsp3) is 0.583. The van der Waals surface area contributed by atoms with E-state index in [0.29, 0.717) is 5.92 Å². The normalized spacial score (nSPS) is 10.5. The Labute approximate surface area is 92.5 Å². The summed E-state index contributed by atoms with van der Waals surface area (Å²) in [5.41, 5.74) is 2.16. The Bertz CT molecular complexity index is 319. The maximum atomic E-state index is 4.51. The summed E-state index contributed by atoms with van der Waals surface area (Å²) in [5, 5.41) is 3.42. The number of nitrogens with zero attached hydrogens (tertiary/aromatic N) is 2. The quantitative estimate of drug-likeness (QED) is 0.822. The summed E-state index contributed by atoms with van der Waals surface area (Å²) in [7, 11) is 4.03. The zero-order chi connectivity index (χ0) is 11.4. The highest BCUT2D eigenvalue weighted by Crippen LogP contribution is 2.21. The molecule has 0 fully saturated rings. The van der Waals surface area contributed by atoms with Gasteiger partial charge in [-0.3, -0.25) is 0 Å². The van der Waals surface area contributed by atoms with E-state index in [9.17, 15) is 0 Å². The lowest BCUT2D eigenvalue weighted by Crippen LogP contribution is -2.16. The summed E-state index contributed by atoms with van der Waals surface area (Å²) < 4.78 is 0. The Balaban J connectivity index is 2.86. The molecule has 0 spiro atoms. The van der Waals surface area contributed by atoms with Gasteiger partial charge in [0.2, 0.25) is 0 Å². The van der Waals surface area contributed by atoms with Crippen molar-refractivity contribution >= 4 is 11.5 Å². The van der Waals surface area contributed by atoms with Gasteiger partial charge in [0, 0.05) is 26.3 Å². The van der Waals surface area contributed by atoms with Crippen molar-refractivity contribution in [2.24, 2.45) is 5.92 Å². The van der Waals surface area contributed by atoms with Crippen molar-refractivity contribution in [3.8, 4) is 0 Å². The molecule has 84 valence electrons. The van der Waals surface area contributed by atoms with Crippen LogP contribution in [-0.2, 0) is 0 Å². The van der Waals surface area contributed by atoms with Crippen LogP contribution < -0.4 is 10.2 Å². The molecule has 3 nitrogen and oxygen atoms in total. The molecule has 0 radical (unpaired) electrons. The summed E-state index contributed by atoms with van der Waals surface area (Å²) in [6.45, 7) is 7.39. The van der Waals surface area contributed by atoms with Gasteiger partial charge in [-0.2, -0.15) is 0 Å². The van der Waals surface area contributed by atoms with E-state index in [-0.39, 0.29) is 0 Å². The Morgan fingerprint density at radius 2 is 2.00 bits per heavy atom. The summed E-state index contributed by atoms with van der Waals surface area (Å²) in [6, 6.07) is 4.13. The number of nitrogens with one attached hydrogen (secondary N) is 1. The molecule has 0 saturated carbocycles. The van der Waals surface area contributed by atoms with Gasteiger partial charge in [-0.25, -0.2) is 4.98 Å². The highest BCUT2D eigenvalue weighted by molar-refractivity contribution is 5.65. The van der Waals surface area contributed by atoms with E-state index >= 15 is 0 Å². The first-order chi connectivity index (χ1) is 7.00. The first kappa shape index (κ1) is 11.8. The molecule has 0 unspecified atom stereocenters. The molecule has 1 aromatic heterocycles. The number of pyridine rings is 1.